The summed E-state index contributed by atoms with van der Waals surface area (Å²) in [5.41, 5.74) is 4.53. The molecule has 1 aromatic carbocycles. The van der Waals surface area contributed by atoms with Gasteiger partial charge in [0.1, 0.15) is 11.5 Å². The van der Waals surface area contributed by atoms with Crippen LogP contribution in [0.25, 0.3) is 22.6 Å². The molecule has 4 rings (SSSR count). The lowest BCUT2D eigenvalue weighted by Gasteiger charge is -2.06. The average molecular weight is 332 g/mol. The second kappa shape index (κ2) is 5.86. The Morgan fingerprint density at radius 3 is 2.68 bits per heavy atom. The smallest absolute Gasteiger partial charge is 0.273 e. The Hall–Kier alpha value is -3.48. The van der Waals surface area contributed by atoms with Crippen molar-refractivity contribution in [2.45, 2.75) is 6.92 Å². The second-order valence-corrected chi connectivity index (χ2v) is 5.79. The van der Waals surface area contributed by atoms with Crippen molar-refractivity contribution in [1.82, 2.24) is 24.7 Å². The molecule has 3 aromatic heterocycles. The van der Waals surface area contributed by atoms with Crippen LogP contribution in [0.4, 0.5) is 5.69 Å². The third-order valence-electron chi connectivity index (χ3n) is 3.91. The molecule has 1 amide bonds. The van der Waals surface area contributed by atoms with Crippen LogP contribution in [0.1, 0.15) is 16.2 Å². The predicted octanol–water partition coefficient (Wildman–Crippen LogP) is 2.92. The van der Waals surface area contributed by atoms with Gasteiger partial charge >= 0.3 is 0 Å². The molecule has 0 spiro atoms. The average Bonchev–Trinajstić information content (AvgIpc) is 3.18. The highest BCUT2D eigenvalue weighted by Gasteiger charge is 2.12. The molecule has 3 heterocycles. The van der Waals surface area contributed by atoms with Crippen LogP contribution >= 0.6 is 0 Å². The van der Waals surface area contributed by atoms with E-state index < -0.39 is 0 Å². The second-order valence-electron chi connectivity index (χ2n) is 5.79. The van der Waals surface area contributed by atoms with Gasteiger partial charge in [-0.15, -0.1) is 0 Å². The molecule has 7 nitrogen and oxygen atoms in total. The molecule has 25 heavy (non-hydrogen) atoms. The summed E-state index contributed by atoms with van der Waals surface area (Å²) in [6.07, 6.45) is 1.71. The molecule has 0 unspecified atom stereocenters. The van der Waals surface area contributed by atoms with Crippen molar-refractivity contribution < 1.29 is 4.79 Å². The molecule has 0 saturated carbocycles. The third-order valence-corrected chi connectivity index (χ3v) is 3.91. The quantitative estimate of drug-likeness (QED) is 0.604. The van der Waals surface area contributed by atoms with Crippen LogP contribution in [0.15, 0.2) is 48.7 Å². The molecule has 0 fully saturated rings. The first-order chi connectivity index (χ1) is 12.1. The van der Waals surface area contributed by atoms with E-state index in [2.05, 4.69) is 25.4 Å². The monoisotopic (exact) mass is 332 g/mol. The first kappa shape index (κ1) is 15.1. The Morgan fingerprint density at radius 2 is 2.00 bits per heavy atom. The van der Waals surface area contributed by atoms with E-state index in [1.54, 1.807) is 24.0 Å². The van der Waals surface area contributed by atoms with Gasteiger partial charge in [-0.25, -0.2) is 9.97 Å². The fourth-order valence-corrected chi connectivity index (χ4v) is 2.71. The number of carbonyl (C=O) groups excluding carboxylic acids is 1. The molecule has 4 aromatic rings. The summed E-state index contributed by atoms with van der Waals surface area (Å²) in [5.74, 6) is 0.553. The van der Waals surface area contributed by atoms with E-state index >= 15 is 0 Å². The van der Waals surface area contributed by atoms with Gasteiger partial charge in [0.2, 0.25) is 0 Å². The first-order valence-electron chi connectivity index (χ1n) is 7.83. The number of fused-ring (bicyclic) bond motifs is 1. The lowest BCUT2D eigenvalue weighted by molar-refractivity contribution is 0.101. The number of carbonyl (C=O) groups is 1. The lowest BCUT2D eigenvalue weighted by Crippen LogP contribution is -2.15. The number of aryl methyl sites for hydroxylation is 2. The van der Waals surface area contributed by atoms with E-state index in [-0.39, 0.29) is 5.91 Å². The topological polar surface area (TPSA) is 88.5 Å². The maximum absolute atomic E-state index is 12.3. The van der Waals surface area contributed by atoms with Crippen molar-refractivity contribution in [3.63, 3.8) is 0 Å². The van der Waals surface area contributed by atoms with Crippen molar-refractivity contribution in [3.05, 3.63) is 60.0 Å². The largest absolute Gasteiger partial charge is 0.337 e. The van der Waals surface area contributed by atoms with Crippen LogP contribution < -0.4 is 5.32 Å². The molecule has 0 saturated heterocycles. The highest BCUT2D eigenvalue weighted by Crippen LogP contribution is 2.21. The molecule has 0 aliphatic carbocycles. The van der Waals surface area contributed by atoms with Gasteiger partial charge in [-0.1, -0.05) is 0 Å². The van der Waals surface area contributed by atoms with Crippen LogP contribution in [0.2, 0.25) is 0 Å². The number of nitrogens with one attached hydrogen (secondary N) is 2. The van der Waals surface area contributed by atoms with E-state index in [9.17, 15) is 4.79 Å². The lowest BCUT2D eigenvalue weighted by atomic mass is 10.2. The van der Waals surface area contributed by atoms with Gasteiger partial charge in [0.25, 0.3) is 5.91 Å². The number of H-pyrrole nitrogens is 1. The van der Waals surface area contributed by atoms with E-state index in [1.807, 2.05) is 43.3 Å². The number of benzene rings is 1. The number of imidazole rings is 1. The van der Waals surface area contributed by atoms with Gasteiger partial charge in [0.15, 0.2) is 5.65 Å². The number of hydrogen-bond acceptors (Lipinski definition) is 4. The minimum Gasteiger partial charge on any atom is -0.337 e. The van der Waals surface area contributed by atoms with Crippen molar-refractivity contribution in [1.29, 1.82) is 0 Å². The molecule has 0 aliphatic rings. The van der Waals surface area contributed by atoms with Crippen molar-refractivity contribution >= 4 is 22.8 Å². The summed E-state index contributed by atoms with van der Waals surface area (Å²) in [6, 6.07) is 13.1. The van der Waals surface area contributed by atoms with Crippen molar-refractivity contribution in [2.24, 2.45) is 7.05 Å². The third kappa shape index (κ3) is 2.87. The molecule has 0 atom stereocenters. The number of anilines is 1. The Kier molecular flexibility index (Phi) is 3.53. The fraction of sp³-hybridized carbons (Fsp3) is 0.111. The van der Waals surface area contributed by atoms with Crippen LogP contribution in [0.5, 0.6) is 0 Å². The number of pyridine rings is 1. The molecular weight excluding hydrogens is 316 g/mol. The molecule has 7 heteroatoms. The molecule has 0 radical (unpaired) electrons. The summed E-state index contributed by atoms with van der Waals surface area (Å²) in [5, 5.41) is 7.06. The fourth-order valence-electron chi connectivity index (χ4n) is 2.71. The van der Waals surface area contributed by atoms with Gasteiger partial charge in [-0.2, -0.15) is 5.10 Å². The molecule has 124 valence electrons. The van der Waals surface area contributed by atoms with Gasteiger partial charge in [-0.05, 0) is 49.4 Å². The predicted molar refractivity (Wildman–Crippen MR) is 95.2 cm³/mol. The number of nitrogens with zero attached hydrogens (tertiary/aromatic N) is 4. The minimum absolute atomic E-state index is 0.191. The van der Waals surface area contributed by atoms with Gasteiger partial charge in [0.05, 0.1) is 11.2 Å². The van der Waals surface area contributed by atoms with Crippen LogP contribution in [-0.2, 0) is 7.05 Å². The number of aromatic amines is 1. The Bertz CT molecular complexity index is 1030. The van der Waals surface area contributed by atoms with E-state index in [0.29, 0.717) is 17.0 Å². The highest BCUT2D eigenvalue weighted by molar-refractivity contribution is 6.03. The zero-order valence-electron chi connectivity index (χ0n) is 13.8. The molecular formula is C18H16N6O. The van der Waals surface area contributed by atoms with Gasteiger partial charge in [0, 0.05) is 24.5 Å². The van der Waals surface area contributed by atoms with Gasteiger partial charge in [-0.3, -0.25) is 9.48 Å². The molecule has 0 aliphatic heterocycles. The Morgan fingerprint density at radius 1 is 1.20 bits per heavy atom. The maximum Gasteiger partial charge on any atom is 0.273 e. The summed E-state index contributed by atoms with van der Waals surface area (Å²) in [6.45, 7) is 1.85. The van der Waals surface area contributed by atoms with Crippen LogP contribution in [0, 0.1) is 6.92 Å². The number of hydrogen-bond donors (Lipinski definition) is 2. The SMILES string of the molecule is Cc1cc(C(=O)Nc2ccc(-c3nc4ncccc4[nH]3)cc2)n(C)n1. The van der Waals surface area contributed by atoms with Crippen molar-refractivity contribution in [3.8, 4) is 11.4 Å². The zero-order chi connectivity index (χ0) is 17.4. The standard InChI is InChI=1S/C18H16N6O/c1-11-10-15(24(2)23-11)18(25)20-13-7-5-12(6-8-13)16-21-14-4-3-9-19-17(14)22-16/h3-10H,1-2H3,(H,20,25)(H,19,21,22). The summed E-state index contributed by atoms with van der Waals surface area (Å²) in [4.78, 5) is 24.2. The summed E-state index contributed by atoms with van der Waals surface area (Å²) >= 11 is 0. The number of rotatable bonds is 3. The molecule has 2 N–H and O–H groups in total. The number of amides is 1. The van der Waals surface area contributed by atoms with Crippen LogP contribution in [-0.4, -0.2) is 30.6 Å². The normalized spacial score (nSPS) is 11.0. The van der Waals surface area contributed by atoms with E-state index in [0.717, 1.165) is 22.6 Å². The zero-order valence-corrected chi connectivity index (χ0v) is 13.8. The maximum atomic E-state index is 12.3. The van der Waals surface area contributed by atoms with E-state index in [1.165, 1.54) is 0 Å². The highest BCUT2D eigenvalue weighted by atomic mass is 16.2. The molecule has 0 bridgehead atoms. The van der Waals surface area contributed by atoms with Crippen molar-refractivity contribution in [2.75, 3.05) is 5.32 Å². The first-order valence-corrected chi connectivity index (χ1v) is 7.83. The Balaban J connectivity index is 1.55. The summed E-state index contributed by atoms with van der Waals surface area (Å²) in [7, 11) is 1.75. The minimum atomic E-state index is -0.191. The number of aromatic nitrogens is 5. The van der Waals surface area contributed by atoms with Gasteiger partial charge < -0.3 is 10.3 Å². The summed E-state index contributed by atoms with van der Waals surface area (Å²) < 4.78 is 1.57. The Labute approximate surface area is 143 Å². The van der Waals surface area contributed by atoms with E-state index in [4.69, 9.17) is 0 Å². The van der Waals surface area contributed by atoms with Crippen LogP contribution in [0.3, 0.4) is 0 Å².